The van der Waals surface area contributed by atoms with E-state index in [1.165, 1.54) is 23.1 Å². The summed E-state index contributed by atoms with van der Waals surface area (Å²) in [7, 11) is 1.58. The van der Waals surface area contributed by atoms with E-state index in [0.29, 0.717) is 28.3 Å². The van der Waals surface area contributed by atoms with Gasteiger partial charge in [-0.2, -0.15) is 0 Å². The first kappa shape index (κ1) is 16.8. The normalized spacial score (nSPS) is 11.1. The van der Waals surface area contributed by atoms with Crippen LogP contribution < -0.4 is 16.0 Å². The maximum absolute atomic E-state index is 14.0. The number of benzene rings is 1. The Labute approximate surface area is 151 Å². The first-order valence-electron chi connectivity index (χ1n) is 7.89. The van der Waals surface area contributed by atoms with Crippen LogP contribution in [0.2, 0.25) is 0 Å². The van der Waals surface area contributed by atoms with Crippen molar-refractivity contribution in [3.8, 4) is 22.8 Å². The number of hydrogen-bond acceptors (Lipinski definition) is 5. The molecule has 136 valence electrons. The first-order valence-corrected chi connectivity index (χ1v) is 7.89. The summed E-state index contributed by atoms with van der Waals surface area (Å²) in [6.45, 7) is 0. The molecule has 0 spiro atoms. The van der Waals surface area contributed by atoms with E-state index in [1.807, 2.05) is 0 Å². The summed E-state index contributed by atoms with van der Waals surface area (Å²) in [5.41, 5.74) is 7.07. The Morgan fingerprint density at radius 3 is 2.78 bits per heavy atom. The van der Waals surface area contributed by atoms with Crippen LogP contribution in [0.15, 0.2) is 58.2 Å². The largest absolute Gasteiger partial charge is 0.458 e. The molecule has 27 heavy (non-hydrogen) atoms. The van der Waals surface area contributed by atoms with Gasteiger partial charge in [0, 0.05) is 35.8 Å². The molecule has 0 fully saturated rings. The Morgan fingerprint density at radius 1 is 1.19 bits per heavy atom. The molecule has 4 rings (SSSR count). The van der Waals surface area contributed by atoms with E-state index in [9.17, 15) is 13.6 Å². The fraction of sp³-hybridized carbons (Fsp3) is 0.0526. The summed E-state index contributed by atoms with van der Waals surface area (Å²) in [6, 6.07) is 6.19. The summed E-state index contributed by atoms with van der Waals surface area (Å²) in [6.07, 6.45) is 4.34. The van der Waals surface area contributed by atoms with Gasteiger partial charge in [0.05, 0.1) is 18.1 Å². The summed E-state index contributed by atoms with van der Waals surface area (Å²) in [5, 5.41) is 0.537. The highest BCUT2D eigenvalue weighted by molar-refractivity contribution is 5.94. The molecule has 0 atom stereocenters. The van der Waals surface area contributed by atoms with Gasteiger partial charge in [0.1, 0.15) is 5.82 Å². The molecule has 3 heterocycles. The van der Waals surface area contributed by atoms with E-state index in [0.717, 1.165) is 6.07 Å². The number of aryl methyl sites for hydroxylation is 1. The third-order valence-corrected chi connectivity index (χ3v) is 4.06. The van der Waals surface area contributed by atoms with Gasteiger partial charge >= 0.3 is 0 Å². The zero-order valence-corrected chi connectivity index (χ0v) is 14.1. The molecular formula is C19H13F2N3O3. The number of ether oxygens (including phenoxy) is 1. The Bertz CT molecular complexity index is 1230. The number of fused-ring (bicyclic) bond motifs is 1. The third-order valence-electron chi connectivity index (χ3n) is 4.06. The minimum atomic E-state index is -0.867. The Balaban J connectivity index is 1.92. The van der Waals surface area contributed by atoms with Gasteiger partial charge in [0.2, 0.25) is 5.88 Å². The zero-order chi connectivity index (χ0) is 19.1. The standard InChI is InChI=1S/C19H13F2N3O3/c1-24-9-14(12-4-5-26-17(12)19(24)25)13-7-11(22)8-23-18(13)27-16-3-2-10(20)6-15(16)21/h2-9H,22H2,1H3. The second-order valence-electron chi connectivity index (χ2n) is 5.92. The van der Waals surface area contributed by atoms with Crippen LogP contribution in [0.25, 0.3) is 22.1 Å². The molecule has 0 aliphatic carbocycles. The maximum Gasteiger partial charge on any atom is 0.293 e. The molecule has 1 aromatic carbocycles. The van der Waals surface area contributed by atoms with E-state index in [4.69, 9.17) is 14.9 Å². The Hall–Kier alpha value is -3.68. The number of nitrogens with zero attached hydrogens (tertiary/aromatic N) is 2. The van der Waals surface area contributed by atoms with Crippen molar-refractivity contribution in [2.24, 2.45) is 7.05 Å². The van der Waals surface area contributed by atoms with Crippen molar-refractivity contribution in [3.05, 3.63) is 71.0 Å². The number of hydrogen-bond donors (Lipinski definition) is 1. The molecule has 8 heteroatoms. The Morgan fingerprint density at radius 2 is 2.00 bits per heavy atom. The lowest BCUT2D eigenvalue weighted by Crippen LogP contribution is -2.15. The number of rotatable bonds is 3. The minimum absolute atomic E-state index is 0.0517. The summed E-state index contributed by atoms with van der Waals surface area (Å²) < 4.78 is 39.3. The van der Waals surface area contributed by atoms with Gasteiger partial charge in [-0.3, -0.25) is 4.79 Å². The van der Waals surface area contributed by atoms with Gasteiger partial charge in [-0.25, -0.2) is 13.8 Å². The molecule has 4 aromatic rings. The minimum Gasteiger partial charge on any atom is -0.458 e. The van der Waals surface area contributed by atoms with Crippen molar-refractivity contribution in [1.29, 1.82) is 0 Å². The van der Waals surface area contributed by atoms with Gasteiger partial charge < -0.3 is 19.5 Å². The average molecular weight is 369 g/mol. The van der Waals surface area contributed by atoms with E-state index in [1.54, 1.807) is 25.4 Å². The molecule has 0 radical (unpaired) electrons. The van der Waals surface area contributed by atoms with Gasteiger partial charge in [-0.15, -0.1) is 0 Å². The number of furan rings is 1. The van der Waals surface area contributed by atoms with Crippen LogP contribution in [0.1, 0.15) is 0 Å². The lowest BCUT2D eigenvalue weighted by atomic mass is 10.0. The predicted molar refractivity (Wildman–Crippen MR) is 95.5 cm³/mol. The summed E-state index contributed by atoms with van der Waals surface area (Å²) in [4.78, 5) is 16.3. The molecular weight excluding hydrogens is 356 g/mol. The lowest BCUT2D eigenvalue weighted by molar-refractivity contribution is 0.425. The van der Waals surface area contributed by atoms with Crippen molar-refractivity contribution >= 4 is 16.7 Å². The van der Waals surface area contributed by atoms with Crippen molar-refractivity contribution < 1.29 is 17.9 Å². The summed E-state index contributed by atoms with van der Waals surface area (Å²) >= 11 is 0. The van der Waals surface area contributed by atoms with Gasteiger partial charge in [0.15, 0.2) is 17.1 Å². The molecule has 2 N–H and O–H groups in total. The average Bonchev–Trinajstić information content (AvgIpc) is 3.12. The topological polar surface area (TPSA) is 83.3 Å². The van der Waals surface area contributed by atoms with Crippen LogP contribution >= 0.6 is 0 Å². The molecule has 0 amide bonds. The third kappa shape index (κ3) is 2.91. The fourth-order valence-corrected chi connectivity index (χ4v) is 2.79. The van der Waals surface area contributed by atoms with Crippen LogP contribution in [0.5, 0.6) is 11.6 Å². The number of pyridine rings is 2. The van der Waals surface area contributed by atoms with E-state index < -0.39 is 11.6 Å². The maximum atomic E-state index is 14.0. The molecule has 0 saturated carbocycles. The molecule has 0 unspecified atom stereocenters. The lowest BCUT2D eigenvalue weighted by Gasteiger charge is -2.13. The van der Waals surface area contributed by atoms with Crippen molar-refractivity contribution in [1.82, 2.24) is 9.55 Å². The molecule has 0 saturated heterocycles. The van der Waals surface area contributed by atoms with Crippen molar-refractivity contribution in [2.75, 3.05) is 5.73 Å². The van der Waals surface area contributed by atoms with Gasteiger partial charge in [-0.1, -0.05) is 0 Å². The number of halogens is 2. The Kier molecular flexibility index (Phi) is 3.88. The smallest absolute Gasteiger partial charge is 0.293 e. The quantitative estimate of drug-likeness (QED) is 0.593. The monoisotopic (exact) mass is 369 g/mol. The van der Waals surface area contributed by atoms with Crippen LogP contribution in [-0.2, 0) is 7.05 Å². The van der Waals surface area contributed by atoms with E-state index in [-0.39, 0.29) is 22.8 Å². The van der Waals surface area contributed by atoms with Crippen LogP contribution in [0.4, 0.5) is 14.5 Å². The van der Waals surface area contributed by atoms with E-state index in [2.05, 4.69) is 4.98 Å². The fourth-order valence-electron chi connectivity index (χ4n) is 2.79. The van der Waals surface area contributed by atoms with E-state index >= 15 is 0 Å². The second-order valence-corrected chi connectivity index (χ2v) is 5.92. The number of aromatic nitrogens is 2. The molecule has 6 nitrogen and oxygen atoms in total. The van der Waals surface area contributed by atoms with Crippen molar-refractivity contribution in [2.45, 2.75) is 0 Å². The SMILES string of the molecule is Cn1cc(-c2cc(N)cnc2Oc2ccc(F)cc2F)c2ccoc2c1=O. The van der Waals surface area contributed by atoms with Gasteiger partial charge in [0.25, 0.3) is 5.56 Å². The molecule has 3 aromatic heterocycles. The summed E-state index contributed by atoms with van der Waals surface area (Å²) in [5.74, 6) is -1.73. The zero-order valence-electron chi connectivity index (χ0n) is 14.1. The molecule has 0 bridgehead atoms. The number of nitrogens with two attached hydrogens (primary N) is 1. The van der Waals surface area contributed by atoms with Crippen molar-refractivity contribution in [3.63, 3.8) is 0 Å². The highest BCUT2D eigenvalue weighted by Crippen LogP contribution is 2.37. The first-order chi connectivity index (χ1) is 12.9. The highest BCUT2D eigenvalue weighted by Gasteiger charge is 2.18. The number of nitrogen functional groups attached to an aromatic ring is 1. The van der Waals surface area contributed by atoms with Crippen LogP contribution in [0.3, 0.4) is 0 Å². The predicted octanol–water partition coefficient (Wildman–Crippen LogP) is 3.85. The second kappa shape index (κ2) is 6.24. The number of anilines is 1. The van der Waals surface area contributed by atoms with Gasteiger partial charge in [-0.05, 0) is 24.3 Å². The van der Waals surface area contributed by atoms with Crippen LogP contribution in [0, 0.1) is 11.6 Å². The van der Waals surface area contributed by atoms with Crippen LogP contribution in [-0.4, -0.2) is 9.55 Å². The molecule has 0 aliphatic rings. The molecule has 0 aliphatic heterocycles. The highest BCUT2D eigenvalue weighted by atomic mass is 19.1.